The van der Waals surface area contributed by atoms with Gasteiger partial charge in [0.05, 0.1) is 11.7 Å². The van der Waals surface area contributed by atoms with Crippen LogP contribution in [0.3, 0.4) is 0 Å². The van der Waals surface area contributed by atoms with Crippen LogP contribution in [0.4, 0.5) is 0 Å². The van der Waals surface area contributed by atoms with Crippen molar-refractivity contribution in [3.05, 3.63) is 30.1 Å². The first-order valence-corrected chi connectivity index (χ1v) is 7.24. The number of aliphatic imine (C=N–C) groups is 1. The number of thioether (sulfide) groups is 1. The van der Waals surface area contributed by atoms with Crippen LogP contribution in [0.5, 0.6) is 0 Å². The second kappa shape index (κ2) is 5.33. The molecule has 0 saturated heterocycles. The second-order valence-electron chi connectivity index (χ2n) is 5.21. The normalized spacial score (nSPS) is 24.5. The quantitative estimate of drug-likeness (QED) is 0.923. The molecule has 1 aliphatic heterocycles. The first-order valence-electron chi connectivity index (χ1n) is 6.43. The Morgan fingerprint density at radius 1 is 1.32 bits per heavy atom. The summed E-state index contributed by atoms with van der Waals surface area (Å²) in [5.41, 5.74) is 0.941. The minimum atomic E-state index is -0.452. The second-order valence-corrected chi connectivity index (χ2v) is 6.65. The highest BCUT2D eigenvalue weighted by molar-refractivity contribution is 8.16. The van der Waals surface area contributed by atoms with Gasteiger partial charge in [-0.05, 0) is 31.9 Å². The lowest BCUT2D eigenvalue weighted by Gasteiger charge is -2.24. The third-order valence-corrected chi connectivity index (χ3v) is 4.98. The number of aromatic nitrogens is 1. The number of nitrogens with zero attached hydrogens (tertiary/aromatic N) is 2. The van der Waals surface area contributed by atoms with E-state index in [2.05, 4.69) is 15.3 Å². The topological polar surface area (TPSA) is 54.4 Å². The Morgan fingerprint density at radius 3 is 2.58 bits per heavy atom. The van der Waals surface area contributed by atoms with Crippen molar-refractivity contribution in [3.8, 4) is 0 Å². The Labute approximate surface area is 118 Å². The van der Waals surface area contributed by atoms with Gasteiger partial charge < -0.3 is 5.32 Å². The molecular weight excluding hydrogens is 258 g/mol. The number of amides is 1. The van der Waals surface area contributed by atoms with Gasteiger partial charge in [-0.3, -0.25) is 9.78 Å². The molecule has 2 unspecified atom stereocenters. The van der Waals surface area contributed by atoms with Gasteiger partial charge in [-0.15, -0.1) is 0 Å². The monoisotopic (exact) mass is 277 g/mol. The highest BCUT2D eigenvalue weighted by Crippen LogP contribution is 2.39. The molecule has 5 heteroatoms. The number of amidine groups is 1. The minimum absolute atomic E-state index is 0.0368. The molecule has 0 fully saturated rings. The van der Waals surface area contributed by atoms with Crippen molar-refractivity contribution in [1.29, 1.82) is 0 Å². The van der Waals surface area contributed by atoms with Crippen LogP contribution in [0.2, 0.25) is 0 Å². The van der Waals surface area contributed by atoms with E-state index in [1.807, 2.05) is 45.9 Å². The van der Waals surface area contributed by atoms with Crippen LogP contribution in [0.15, 0.2) is 29.4 Å². The largest absolute Gasteiger partial charge is 0.356 e. The molecule has 0 radical (unpaired) electrons. The van der Waals surface area contributed by atoms with Gasteiger partial charge in [0.25, 0.3) is 5.91 Å². The number of nitrogens with one attached hydrogen (secondary N) is 1. The first-order chi connectivity index (χ1) is 8.93. The fourth-order valence-corrected chi connectivity index (χ4v) is 2.92. The highest BCUT2D eigenvalue weighted by atomic mass is 32.2. The molecule has 1 N–H and O–H groups in total. The number of carbonyl (C=O) groups excluding carboxylic acids is 1. The molecular formula is C14H19N3OS. The van der Waals surface area contributed by atoms with E-state index in [1.165, 1.54) is 11.8 Å². The van der Waals surface area contributed by atoms with Gasteiger partial charge in [0.2, 0.25) is 0 Å². The zero-order valence-electron chi connectivity index (χ0n) is 11.7. The summed E-state index contributed by atoms with van der Waals surface area (Å²) in [6.45, 7) is 8.06. The van der Waals surface area contributed by atoms with Crippen LogP contribution in [0, 0.1) is 5.92 Å². The average molecular weight is 277 g/mol. The van der Waals surface area contributed by atoms with E-state index < -0.39 is 4.75 Å². The van der Waals surface area contributed by atoms with Crippen molar-refractivity contribution in [1.82, 2.24) is 10.3 Å². The van der Waals surface area contributed by atoms with Gasteiger partial charge in [0.15, 0.2) is 5.17 Å². The number of rotatable bonds is 3. The lowest BCUT2D eigenvalue weighted by Crippen LogP contribution is -2.34. The first kappa shape index (κ1) is 14.1. The van der Waals surface area contributed by atoms with E-state index in [9.17, 15) is 4.79 Å². The summed E-state index contributed by atoms with van der Waals surface area (Å²) >= 11 is 1.51. The molecule has 0 aliphatic carbocycles. The molecule has 0 aromatic carbocycles. The van der Waals surface area contributed by atoms with Crippen LogP contribution in [0.25, 0.3) is 0 Å². The van der Waals surface area contributed by atoms with Crippen LogP contribution < -0.4 is 5.32 Å². The van der Waals surface area contributed by atoms with E-state index in [1.54, 1.807) is 6.20 Å². The molecule has 1 aliphatic rings. The van der Waals surface area contributed by atoms with Crippen molar-refractivity contribution >= 4 is 22.8 Å². The lowest BCUT2D eigenvalue weighted by molar-refractivity contribution is -0.120. The van der Waals surface area contributed by atoms with Crippen molar-refractivity contribution in [2.45, 2.75) is 38.5 Å². The highest BCUT2D eigenvalue weighted by Gasteiger charge is 2.43. The number of pyridine rings is 1. The van der Waals surface area contributed by atoms with E-state index >= 15 is 0 Å². The molecule has 2 atom stereocenters. The van der Waals surface area contributed by atoms with Crippen LogP contribution >= 0.6 is 11.8 Å². The molecule has 2 rings (SSSR count). The Morgan fingerprint density at radius 2 is 2.05 bits per heavy atom. The Bertz CT molecular complexity index is 501. The van der Waals surface area contributed by atoms with Gasteiger partial charge >= 0.3 is 0 Å². The molecule has 2 heterocycles. The molecule has 102 valence electrons. The summed E-state index contributed by atoms with van der Waals surface area (Å²) in [6.07, 6.45) is 1.76. The molecule has 1 aromatic rings. The SMILES string of the molecule is CC(NC1=NC(=O)C(C)(C(C)C)S1)c1ccccn1. The minimum Gasteiger partial charge on any atom is -0.356 e. The lowest BCUT2D eigenvalue weighted by atomic mass is 9.96. The standard InChI is InChI=1S/C14H19N3OS/c1-9(2)14(4)12(18)17-13(19-14)16-10(3)11-7-5-6-8-15-11/h5-10H,1-4H3,(H,16,17,18). The van der Waals surface area contributed by atoms with Gasteiger partial charge in [0, 0.05) is 6.20 Å². The van der Waals surface area contributed by atoms with Gasteiger partial charge in [-0.1, -0.05) is 31.7 Å². The fraction of sp³-hybridized carbons (Fsp3) is 0.500. The average Bonchev–Trinajstić information content (AvgIpc) is 2.67. The molecule has 1 amide bonds. The third-order valence-electron chi connectivity index (χ3n) is 3.51. The molecule has 1 aromatic heterocycles. The van der Waals surface area contributed by atoms with Crippen molar-refractivity contribution < 1.29 is 4.79 Å². The Kier molecular flexibility index (Phi) is 3.94. The summed E-state index contributed by atoms with van der Waals surface area (Å²) in [4.78, 5) is 20.4. The predicted molar refractivity (Wildman–Crippen MR) is 79.1 cm³/mol. The predicted octanol–water partition coefficient (Wildman–Crippen LogP) is 2.78. The fourth-order valence-electron chi connectivity index (χ4n) is 1.79. The van der Waals surface area contributed by atoms with Gasteiger partial charge in [-0.2, -0.15) is 4.99 Å². The zero-order chi connectivity index (χ0) is 14.0. The smallest absolute Gasteiger partial charge is 0.264 e. The van der Waals surface area contributed by atoms with Crippen LogP contribution in [-0.4, -0.2) is 20.8 Å². The van der Waals surface area contributed by atoms with E-state index in [0.717, 1.165) is 5.69 Å². The summed E-state index contributed by atoms with van der Waals surface area (Å²) in [7, 11) is 0. The summed E-state index contributed by atoms with van der Waals surface area (Å²) in [5.74, 6) is 0.196. The molecule has 19 heavy (non-hydrogen) atoms. The van der Waals surface area contributed by atoms with Crippen LogP contribution in [0.1, 0.15) is 39.4 Å². The van der Waals surface area contributed by atoms with E-state index in [-0.39, 0.29) is 17.9 Å². The Balaban J connectivity index is 2.06. The summed E-state index contributed by atoms with van der Waals surface area (Å²) < 4.78 is -0.452. The van der Waals surface area contributed by atoms with E-state index in [4.69, 9.17) is 0 Å². The maximum absolute atomic E-state index is 12.0. The molecule has 0 spiro atoms. The summed E-state index contributed by atoms with van der Waals surface area (Å²) in [5, 5.41) is 3.96. The number of hydrogen-bond acceptors (Lipinski definition) is 4. The maximum atomic E-state index is 12.0. The summed E-state index contributed by atoms with van der Waals surface area (Å²) in [6, 6.07) is 5.83. The third kappa shape index (κ3) is 2.81. The molecule has 4 nitrogen and oxygen atoms in total. The number of carbonyl (C=O) groups is 1. The van der Waals surface area contributed by atoms with E-state index in [0.29, 0.717) is 5.17 Å². The van der Waals surface area contributed by atoms with Crippen molar-refractivity contribution in [2.75, 3.05) is 0 Å². The van der Waals surface area contributed by atoms with Crippen molar-refractivity contribution in [3.63, 3.8) is 0 Å². The maximum Gasteiger partial charge on any atom is 0.264 e. The molecule has 0 saturated carbocycles. The van der Waals surface area contributed by atoms with Crippen molar-refractivity contribution in [2.24, 2.45) is 10.9 Å². The van der Waals surface area contributed by atoms with Gasteiger partial charge in [0.1, 0.15) is 4.75 Å². The number of hydrogen-bond donors (Lipinski definition) is 1. The van der Waals surface area contributed by atoms with Gasteiger partial charge in [-0.25, -0.2) is 0 Å². The zero-order valence-corrected chi connectivity index (χ0v) is 12.5. The Hall–Kier alpha value is -1.36. The molecule has 0 bridgehead atoms. The van der Waals surface area contributed by atoms with Crippen LogP contribution in [-0.2, 0) is 4.79 Å².